The van der Waals surface area contributed by atoms with Crippen LogP contribution in [0.4, 0.5) is 9.59 Å². The van der Waals surface area contributed by atoms with Crippen molar-refractivity contribution < 1.29 is 28.3 Å². The van der Waals surface area contributed by atoms with Crippen molar-refractivity contribution in [2.24, 2.45) is 5.92 Å². The van der Waals surface area contributed by atoms with Crippen LogP contribution >= 0.6 is 23.5 Å². The highest BCUT2D eigenvalue weighted by molar-refractivity contribution is 8.06. The van der Waals surface area contributed by atoms with Gasteiger partial charge >= 0.3 is 12.1 Å². The Morgan fingerprint density at radius 2 is 1.59 bits per heavy atom. The van der Waals surface area contributed by atoms with Crippen molar-refractivity contribution >= 4 is 35.6 Å². The molecule has 0 radical (unpaired) electrons. The molecule has 4 fully saturated rings. The van der Waals surface area contributed by atoms with Gasteiger partial charge in [0.2, 0.25) is 11.3 Å². The van der Waals surface area contributed by atoms with E-state index in [9.17, 15) is 9.59 Å². The van der Waals surface area contributed by atoms with Crippen LogP contribution in [0.2, 0.25) is 0 Å². The van der Waals surface area contributed by atoms with Crippen molar-refractivity contribution in [1.82, 2.24) is 14.7 Å². The minimum atomic E-state index is -0.753. The Bertz CT molecular complexity index is 836. The quantitative estimate of drug-likeness (QED) is 0.238. The number of quaternary nitrogens is 1. The van der Waals surface area contributed by atoms with Crippen LogP contribution < -0.4 is 0 Å². The number of fused-ring (bicyclic) bond motifs is 2. The van der Waals surface area contributed by atoms with Gasteiger partial charge in [-0.15, -0.1) is 23.5 Å². The topological polar surface area (TPSA) is 71.6 Å². The molecule has 4 aliphatic rings. The first-order valence-corrected chi connectivity index (χ1v) is 16.0. The SMILES string of the molecule is CCCC12N(CC(C)C)C(=O)N(COC3CSC(OC(C)C)CS3)C1(CCC)[N+]1(CC1)C(=O)N2COC. The number of rotatable bonds is 13. The largest absolute Gasteiger partial charge is 0.425 e. The Hall–Kier alpha value is -0.720. The lowest BCUT2D eigenvalue weighted by Crippen LogP contribution is -2.69. The Kier molecular flexibility index (Phi) is 9.02. The average Bonchev–Trinajstić information content (AvgIpc) is 3.61. The Morgan fingerprint density at radius 3 is 2.11 bits per heavy atom. The second kappa shape index (κ2) is 11.4. The van der Waals surface area contributed by atoms with E-state index < -0.39 is 11.3 Å². The highest BCUT2D eigenvalue weighted by Gasteiger charge is 2.89. The number of amides is 4. The van der Waals surface area contributed by atoms with Gasteiger partial charge < -0.3 is 14.2 Å². The van der Waals surface area contributed by atoms with E-state index in [1.54, 1.807) is 30.6 Å². The zero-order chi connectivity index (χ0) is 27.0. The fraction of sp³-hybridized carbons (Fsp3) is 0.923. The highest BCUT2D eigenvalue weighted by atomic mass is 32.2. The summed E-state index contributed by atoms with van der Waals surface area (Å²) < 4.78 is 18.4. The molecule has 0 aromatic heterocycles. The second-order valence-electron chi connectivity index (χ2n) is 11.4. The number of methoxy groups -OCH3 is 1. The predicted octanol–water partition coefficient (Wildman–Crippen LogP) is 4.77. The maximum absolute atomic E-state index is 14.4. The molecule has 4 aliphatic heterocycles. The van der Waals surface area contributed by atoms with Gasteiger partial charge in [-0.1, -0.05) is 34.1 Å². The van der Waals surface area contributed by atoms with Crippen molar-refractivity contribution in [2.45, 2.75) is 95.5 Å². The van der Waals surface area contributed by atoms with Crippen molar-refractivity contribution in [2.75, 3.05) is 51.7 Å². The molecule has 0 saturated carbocycles. The lowest BCUT2D eigenvalue weighted by Gasteiger charge is -2.47. The van der Waals surface area contributed by atoms with E-state index in [2.05, 4.69) is 41.5 Å². The number of nitrogens with zero attached hydrogens (tertiary/aromatic N) is 4. The fourth-order valence-corrected chi connectivity index (χ4v) is 9.52. The summed E-state index contributed by atoms with van der Waals surface area (Å²) in [4.78, 5) is 34.4. The van der Waals surface area contributed by atoms with Crippen LogP contribution in [0.5, 0.6) is 0 Å². The summed E-state index contributed by atoms with van der Waals surface area (Å²) in [7, 11) is 1.64. The van der Waals surface area contributed by atoms with Gasteiger partial charge in [0.05, 0.1) is 6.10 Å². The van der Waals surface area contributed by atoms with Gasteiger partial charge in [-0.05, 0) is 32.6 Å². The van der Waals surface area contributed by atoms with Crippen LogP contribution in [0.1, 0.15) is 67.2 Å². The molecule has 0 N–H and O–H groups in total. The molecule has 4 atom stereocenters. The molecule has 37 heavy (non-hydrogen) atoms. The molecule has 11 heteroatoms. The van der Waals surface area contributed by atoms with Gasteiger partial charge in [0.1, 0.15) is 37.4 Å². The number of hydrogen-bond acceptors (Lipinski definition) is 7. The third-order valence-electron chi connectivity index (χ3n) is 8.07. The molecule has 4 amide bonds. The van der Waals surface area contributed by atoms with Crippen LogP contribution in [0, 0.1) is 5.92 Å². The summed E-state index contributed by atoms with van der Waals surface area (Å²) in [6.07, 6.45) is 3.41. The summed E-state index contributed by atoms with van der Waals surface area (Å²) in [5.74, 6) is 1.94. The number of ether oxygens (including phenoxy) is 3. The van der Waals surface area contributed by atoms with Crippen LogP contribution in [0.3, 0.4) is 0 Å². The molecular formula is C26H47N4O5S2+. The zero-order valence-corrected chi connectivity index (χ0v) is 25.4. The molecule has 0 aliphatic carbocycles. The fourth-order valence-electron chi connectivity index (χ4n) is 6.91. The maximum Gasteiger partial charge on any atom is 0.425 e. The molecule has 212 valence electrons. The molecule has 4 unspecified atom stereocenters. The summed E-state index contributed by atoms with van der Waals surface area (Å²) in [5, 5.41) is 0. The van der Waals surface area contributed by atoms with E-state index in [1.807, 2.05) is 14.7 Å². The third kappa shape index (κ3) is 4.59. The van der Waals surface area contributed by atoms with Gasteiger partial charge in [-0.3, -0.25) is 4.90 Å². The first-order chi connectivity index (χ1) is 17.6. The van der Waals surface area contributed by atoms with E-state index in [0.717, 1.165) is 50.3 Å². The van der Waals surface area contributed by atoms with E-state index in [1.165, 1.54) is 0 Å². The Balaban J connectivity index is 1.69. The first-order valence-electron chi connectivity index (χ1n) is 13.9. The average molecular weight is 560 g/mol. The van der Waals surface area contributed by atoms with Crippen molar-refractivity contribution in [3.05, 3.63) is 0 Å². The molecule has 0 aromatic rings. The lowest BCUT2D eigenvalue weighted by molar-refractivity contribution is -0.789. The standard InChI is InChI=1S/C26H47N4O5S2/c1-8-10-25-26(11-9-2,30(12-13-30)24(32)29(25)17-33-7)28(23(31)27(25)14-19(3)4)18-34-21-15-37-22(16-36-21)35-20(5)6/h19-22H,8-18H2,1-7H3/q+1. The number of hydrogen-bond donors (Lipinski definition) is 0. The zero-order valence-electron chi connectivity index (χ0n) is 23.7. The van der Waals surface area contributed by atoms with Crippen molar-refractivity contribution in [3.63, 3.8) is 0 Å². The van der Waals surface area contributed by atoms with E-state index in [-0.39, 0.29) is 48.4 Å². The van der Waals surface area contributed by atoms with E-state index >= 15 is 0 Å². The molecule has 9 nitrogen and oxygen atoms in total. The molecule has 4 heterocycles. The van der Waals surface area contributed by atoms with E-state index in [4.69, 9.17) is 14.2 Å². The first kappa shape index (κ1) is 29.3. The maximum atomic E-state index is 14.4. The van der Waals surface area contributed by atoms with Crippen LogP contribution in [0.25, 0.3) is 0 Å². The number of urea groups is 2. The third-order valence-corrected chi connectivity index (χ3v) is 10.8. The molecular weight excluding hydrogens is 512 g/mol. The van der Waals surface area contributed by atoms with Crippen LogP contribution in [0.15, 0.2) is 0 Å². The van der Waals surface area contributed by atoms with Crippen molar-refractivity contribution in [1.29, 1.82) is 0 Å². The Labute approximate surface area is 231 Å². The van der Waals surface area contributed by atoms with Crippen molar-refractivity contribution in [3.8, 4) is 0 Å². The summed E-state index contributed by atoms with van der Waals surface area (Å²) >= 11 is 3.54. The molecule has 4 rings (SSSR count). The predicted molar refractivity (Wildman–Crippen MR) is 148 cm³/mol. The van der Waals surface area contributed by atoms with Gasteiger partial charge in [-0.25, -0.2) is 23.9 Å². The van der Waals surface area contributed by atoms with Crippen LogP contribution in [-0.2, 0) is 14.2 Å². The van der Waals surface area contributed by atoms with E-state index in [0.29, 0.717) is 11.0 Å². The smallest absolute Gasteiger partial charge is 0.364 e. The summed E-state index contributed by atoms with van der Waals surface area (Å²) in [5.41, 5.74) is -1.28. The van der Waals surface area contributed by atoms with Gasteiger partial charge in [-0.2, -0.15) is 0 Å². The Morgan fingerprint density at radius 1 is 0.946 bits per heavy atom. The molecule has 0 bridgehead atoms. The summed E-state index contributed by atoms with van der Waals surface area (Å²) in [6.45, 7) is 15.2. The van der Waals surface area contributed by atoms with Gasteiger partial charge in [0.25, 0.3) is 0 Å². The molecule has 1 spiro atoms. The minimum absolute atomic E-state index is 0.0110. The number of carbonyl (C=O) groups excluding carboxylic acids is 2. The van der Waals surface area contributed by atoms with Gasteiger partial charge in [0.15, 0.2) is 0 Å². The molecule has 4 saturated heterocycles. The number of thioether (sulfide) groups is 2. The number of carbonyl (C=O) groups is 2. The summed E-state index contributed by atoms with van der Waals surface area (Å²) in [6, 6.07) is 0.0781. The lowest BCUT2D eigenvalue weighted by atomic mass is 9.83. The second-order valence-corrected chi connectivity index (χ2v) is 13.8. The highest BCUT2D eigenvalue weighted by Crippen LogP contribution is 2.62. The molecule has 0 aromatic carbocycles. The monoisotopic (exact) mass is 559 g/mol. The van der Waals surface area contributed by atoms with Gasteiger partial charge in [0, 0.05) is 31.6 Å². The van der Waals surface area contributed by atoms with Crippen LogP contribution in [-0.4, -0.2) is 111 Å². The minimum Gasteiger partial charge on any atom is -0.364 e. The normalized spacial score (nSPS) is 32.9.